The van der Waals surface area contributed by atoms with Crippen LogP contribution in [0.4, 0.5) is 4.79 Å². The molecule has 0 aliphatic heterocycles. The second-order valence-corrected chi connectivity index (χ2v) is 5.79. The van der Waals surface area contributed by atoms with E-state index in [9.17, 15) is 9.59 Å². The van der Waals surface area contributed by atoms with Crippen LogP contribution in [0.15, 0.2) is 0 Å². The molecule has 0 unspecified atom stereocenters. The maximum atomic E-state index is 11.6. The molecule has 0 spiro atoms. The van der Waals surface area contributed by atoms with Gasteiger partial charge >= 0.3 is 12.0 Å². The van der Waals surface area contributed by atoms with Crippen molar-refractivity contribution < 1.29 is 19.4 Å². The van der Waals surface area contributed by atoms with Crippen molar-refractivity contribution >= 4 is 12.0 Å². The Labute approximate surface area is 121 Å². The Kier molecular flexibility index (Phi) is 8.96. The number of hydrogen-bond acceptors (Lipinski definition) is 3. The highest BCUT2D eigenvalue weighted by Crippen LogP contribution is 2.10. The Bertz CT molecular complexity index is 304. The van der Waals surface area contributed by atoms with Gasteiger partial charge < -0.3 is 20.5 Å². The lowest BCUT2D eigenvalue weighted by Crippen LogP contribution is -2.48. The monoisotopic (exact) mass is 288 g/mol. The molecule has 0 heterocycles. The maximum absolute atomic E-state index is 11.6. The first kappa shape index (κ1) is 18.7. The van der Waals surface area contributed by atoms with Gasteiger partial charge in [-0.05, 0) is 47.0 Å². The largest absolute Gasteiger partial charge is 0.481 e. The van der Waals surface area contributed by atoms with Crippen molar-refractivity contribution in [1.82, 2.24) is 10.6 Å². The Morgan fingerprint density at radius 3 is 2.45 bits per heavy atom. The highest BCUT2D eigenvalue weighted by atomic mass is 16.5. The fourth-order valence-electron chi connectivity index (χ4n) is 1.58. The highest BCUT2D eigenvalue weighted by Gasteiger charge is 2.21. The van der Waals surface area contributed by atoms with Crippen molar-refractivity contribution in [2.24, 2.45) is 0 Å². The van der Waals surface area contributed by atoms with E-state index in [0.717, 1.165) is 12.8 Å². The summed E-state index contributed by atoms with van der Waals surface area (Å²) in [6, 6.07) is -0.259. The first-order valence-electron chi connectivity index (χ1n) is 7.12. The van der Waals surface area contributed by atoms with Gasteiger partial charge in [0.05, 0.1) is 6.10 Å². The number of aliphatic carboxylic acids is 1. The van der Waals surface area contributed by atoms with E-state index in [1.807, 2.05) is 27.7 Å². The minimum Gasteiger partial charge on any atom is -0.481 e. The van der Waals surface area contributed by atoms with Gasteiger partial charge in [0, 0.05) is 25.1 Å². The Morgan fingerprint density at radius 1 is 1.25 bits per heavy atom. The molecular formula is C14H28N2O4. The van der Waals surface area contributed by atoms with E-state index in [1.165, 1.54) is 0 Å². The van der Waals surface area contributed by atoms with Gasteiger partial charge in [0.1, 0.15) is 0 Å². The molecular weight excluding hydrogens is 260 g/mol. The molecule has 0 aliphatic rings. The van der Waals surface area contributed by atoms with E-state index < -0.39 is 11.5 Å². The van der Waals surface area contributed by atoms with Gasteiger partial charge in [-0.1, -0.05) is 0 Å². The Balaban J connectivity index is 3.69. The van der Waals surface area contributed by atoms with Gasteiger partial charge in [-0.3, -0.25) is 4.79 Å². The molecule has 6 nitrogen and oxygen atoms in total. The van der Waals surface area contributed by atoms with E-state index >= 15 is 0 Å². The molecule has 0 saturated heterocycles. The van der Waals surface area contributed by atoms with Crippen LogP contribution in [-0.2, 0) is 9.53 Å². The number of carbonyl (C=O) groups is 2. The quantitative estimate of drug-likeness (QED) is 0.537. The number of rotatable bonds is 10. The fourth-order valence-corrected chi connectivity index (χ4v) is 1.58. The van der Waals surface area contributed by atoms with Crippen LogP contribution in [0.2, 0.25) is 0 Å². The van der Waals surface area contributed by atoms with Gasteiger partial charge in [-0.15, -0.1) is 0 Å². The zero-order chi connectivity index (χ0) is 15.6. The maximum Gasteiger partial charge on any atom is 0.315 e. The van der Waals surface area contributed by atoms with Crippen LogP contribution in [-0.4, -0.2) is 41.9 Å². The molecule has 2 amide bonds. The average molecular weight is 288 g/mol. The van der Waals surface area contributed by atoms with Gasteiger partial charge in [-0.25, -0.2) is 4.79 Å². The minimum absolute atomic E-state index is 0.0415. The number of carbonyl (C=O) groups excluding carboxylic acids is 1. The number of ether oxygens (including phenoxy) is 1. The van der Waals surface area contributed by atoms with E-state index in [4.69, 9.17) is 9.84 Å². The predicted octanol–water partition coefficient (Wildman–Crippen LogP) is 2.13. The van der Waals surface area contributed by atoms with E-state index in [1.54, 1.807) is 0 Å². The molecule has 0 bridgehead atoms. The van der Waals surface area contributed by atoms with Crippen molar-refractivity contribution in [1.29, 1.82) is 0 Å². The van der Waals surface area contributed by atoms with Crippen LogP contribution in [0.25, 0.3) is 0 Å². The van der Waals surface area contributed by atoms with Crippen molar-refractivity contribution in [3.63, 3.8) is 0 Å². The summed E-state index contributed by atoms with van der Waals surface area (Å²) >= 11 is 0. The molecule has 3 N–H and O–H groups in total. The summed E-state index contributed by atoms with van der Waals surface area (Å²) < 4.78 is 5.40. The standard InChI is InChI=1S/C14H28N2O4/c1-11(2)20-10-6-5-9-15-13(19)16-14(3,4)8-7-12(17)18/h11H,5-10H2,1-4H3,(H,17,18)(H2,15,16,19). The molecule has 0 aromatic carbocycles. The molecule has 0 rings (SSSR count). The molecule has 0 radical (unpaired) electrons. The van der Waals surface area contributed by atoms with E-state index in [0.29, 0.717) is 19.6 Å². The summed E-state index contributed by atoms with van der Waals surface area (Å²) in [5.74, 6) is -0.856. The number of hydrogen-bond donors (Lipinski definition) is 3. The molecule has 118 valence electrons. The molecule has 0 fully saturated rings. The molecule has 0 saturated carbocycles. The van der Waals surface area contributed by atoms with Crippen molar-refractivity contribution in [2.45, 2.75) is 65.0 Å². The third kappa shape index (κ3) is 11.8. The number of amides is 2. The van der Waals surface area contributed by atoms with Gasteiger partial charge in [0.25, 0.3) is 0 Å². The first-order chi connectivity index (χ1) is 9.23. The average Bonchev–Trinajstić information content (AvgIpc) is 2.30. The molecule has 0 aromatic rings. The number of carboxylic acids is 1. The van der Waals surface area contributed by atoms with Crippen molar-refractivity contribution in [2.75, 3.05) is 13.2 Å². The summed E-state index contributed by atoms with van der Waals surface area (Å²) in [7, 11) is 0. The normalized spacial score (nSPS) is 11.4. The van der Waals surface area contributed by atoms with Gasteiger partial charge in [0.2, 0.25) is 0 Å². The lowest BCUT2D eigenvalue weighted by molar-refractivity contribution is -0.137. The molecule has 6 heteroatoms. The van der Waals surface area contributed by atoms with Crippen molar-refractivity contribution in [3.8, 4) is 0 Å². The second kappa shape index (κ2) is 9.58. The predicted molar refractivity (Wildman–Crippen MR) is 77.8 cm³/mol. The topological polar surface area (TPSA) is 87.7 Å². The van der Waals surface area contributed by atoms with Crippen LogP contribution >= 0.6 is 0 Å². The summed E-state index contributed by atoms with van der Waals surface area (Å²) in [6.07, 6.45) is 2.44. The van der Waals surface area contributed by atoms with Crippen LogP contribution in [0.3, 0.4) is 0 Å². The molecule has 20 heavy (non-hydrogen) atoms. The SMILES string of the molecule is CC(C)OCCCCNC(=O)NC(C)(C)CCC(=O)O. The van der Waals surface area contributed by atoms with E-state index in [-0.39, 0.29) is 18.6 Å². The Morgan fingerprint density at radius 2 is 1.90 bits per heavy atom. The van der Waals surface area contributed by atoms with Crippen molar-refractivity contribution in [3.05, 3.63) is 0 Å². The second-order valence-electron chi connectivity index (χ2n) is 5.79. The number of nitrogens with one attached hydrogen (secondary N) is 2. The summed E-state index contributed by atoms with van der Waals surface area (Å²) in [6.45, 7) is 8.89. The zero-order valence-electron chi connectivity index (χ0n) is 13.0. The zero-order valence-corrected chi connectivity index (χ0v) is 13.0. The van der Waals surface area contributed by atoms with E-state index in [2.05, 4.69) is 10.6 Å². The van der Waals surface area contributed by atoms with Crippen LogP contribution in [0.1, 0.15) is 53.4 Å². The van der Waals surface area contributed by atoms with Crippen LogP contribution in [0.5, 0.6) is 0 Å². The number of carboxylic acid groups (broad SMARTS) is 1. The van der Waals surface area contributed by atoms with Crippen LogP contribution in [0, 0.1) is 0 Å². The minimum atomic E-state index is -0.856. The lowest BCUT2D eigenvalue weighted by Gasteiger charge is -2.25. The first-order valence-corrected chi connectivity index (χ1v) is 7.12. The number of unbranched alkanes of at least 4 members (excludes halogenated alkanes) is 1. The van der Waals surface area contributed by atoms with Gasteiger partial charge in [0.15, 0.2) is 0 Å². The molecule has 0 atom stereocenters. The molecule has 0 aliphatic carbocycles. The van der Waals surface area contributed by atoms with Crippen LogP contribution < -0.4 is 10.6 Å². The summed E-state index contributed by atoms with van der Waals surface area (Å²) in [5.41, 5.74) is -0.525. The molecule has 0 aromatic heterocycles. The highest BCUT2D eigenvalue weighted by molar-refractivity contribution is 5.74. The third-order valence-electron chi connectivity index (χ3n) is 2.72. The number of urea groups is 1. The lowest BCUT2D eigenvalue weighted by atomic mass is 9.99. The summed E-state index contributed by atoms with van der Waals surface area (Å²) in [5, 5.41) is 14.2. The fraction of sp³-hybridized carbons (Fsp3) is 0.857. The van der Waals surface area contributed by atoms with Gasteiger partial charge in [-0.2, -0.15) is 0 Å². The smallest absolute Gasteiger partial charge is 0.315 e. The Hall–Kier alpha value is -1.30. The summed E-state index contributed by atoms with van der Waals surface area (Å²) in [4.78, 5) is 22.2. The third-order valence-corrected chi connectivity index (χ3v) is 2.72.